The molecule has 0 heterocycles. The third-order valence-electron chi connectivity index (χ3n) is 1.75. The molecular formula is C8H10BrNO3S. The standard InChI is InChI=1S/C8H10BrNO3S/c1-5-3-7(13-2)8(4-6(5)9)14(10,11)12/h3-4H,1-2H3,(H2,10,11,12). The van der Waals surface area contributed by atoms with Crippen LogP contribution < -0.4 is 9.88 Å². The first-order valence-corrected chi connectivity index (χ1v) is 6.07. The molecule has 0 saturated carbocycles. The van der Waals surface area contributed by atoms with Gasteiger partial charge in [-0.3, -0.25) is 0 Å². The quantitative estimate of drug-likeness (QED) is 0.890. The minimum absolute atomic E-state index is 0.0162. The van der Waals surface area contributed by atoms with E-state index in [0.29, 0.717) is 4.47 Å². The van der Waals surface area contributed by atoms with E-state index in [0.717, 1.165) is 5.56 Å². The van der Waals surface area contributed by atoms with Crippen LogP contribution in [0.3, 0.4) is 0 Å². The molecule has 0 fully saturated rings. The molecule has 1 aromatic carbocycles. The maximum absolute atomic E-state index is 11.2. The Morgan fingerprint density at radius 2 is 2.00 bits per heavy atom. The van der Waals surface area contributed by atoms with Crippen LogP contribution in [0.2, 0.25) is 0 Å². The zero-order valence-corrected chi connectivity index (χ0v) is 10.1. The first-order chi connectivity index (χ1) is 6.36. The van der Waals surface area contributed by atoms with Crippen molar-refractivity contribution in [2.24, 2.45) is 5.14 Å². The van der Waals surface area contributed by atoms with Crippen molar-refractivity contribution in [2.45, 2.75) is 11.8 Å². The van der Waals surface area contributed by atoms with Crippen LogP contribution in [-0.4, -0.2) is 15.5 Å². The molecule has 0 amide bonds. The van der Waals surface area contributed by atoms with Gasteiger partial charge in [0, 0.05) is 4.47 Å². The fourth-order valence-electron chi connectivity index (χ4n) is 1.02. The molecule has 0 radical (unpaired) electrons. The zero-order chi connectivity index (χ0) is 10.9. The van der Waals surface area contributed by atoms with Crippen LogP contribution in [-0.2, 0) is 10.0 Å². The monoisotopic (exact) mass is 279 g/mol. The van der Waals surface area contributed by atoms with E-state index >= 15 is 0 Å². The third-order valence-corrected chi connectivity index (χ3v) is 3.54. The van der Waals surface area contributed by atoms with Crippen molar-refractivity contribution in [2.75, 3.05) is 7.11 Å². The van der Waals surface area contributed by atoms with E-state index in [9.17, 15) is 8.42 Å². The second-order valence-electron chi connectivity index (χ2n) is 2.80. The van der Waals surface area contributed by atoms with Crippen LogP contribution in [0.5, 0.6) is 5.75 Å². The van der Waals surface area contributed by atoms with Crippen molar-refractivity contribution in [3.63, 3.8) is 0 Å². The number of hydrogen-bond acceptors (Lipinski definition) is 3. The van der Waals surface area contributed by atoms with Gasteiger partial charge < -0.3 is 4.74 Å². The molecule has 0 saturated heterocycles. The topological polar surface area (TPSA) is 69.4 Å². The molecule has 78 valence electrons. The van der Waals surface area contributed by atoms with E-state index in [-0.39, 0.29) is 10.6 Å². The zero-order valence-electron chi connectivity index (χ0n) is 7.74. The Labute approximate surface area is 91.2 Å². The van der Waals surface area contributed by atoms with Crippen LogP contribution in [0.4, 0.5) is 0 Å². The minimum Gasteiger partial charge on any atom is -0.495 e. The summed E-state index contributed by atoms with van der Waals surface area (Å²) in [7, 11) is -2.34. The largest absolute Gasteiger partial charge is 0.495 e. The molecule has 6 heteroatoms. The van der Waals surface area contributed by atoms with E-state index in [4.69, 9.17) is 9.88 Å². The van der Waals surface area contributed by atoms with Gasteiger partial charge in [-0.1, -0.05) is 15.9 Å². The predicted octanol–water partition coefficient (Wildman–Crippen LogP) is 1.41. The minimum atomic E-state index is -3.74. The number of sulfonamides is 1. The lowest BCUT2D eigenvalue weighted by molar-refractivity contribution is 0.402. The van der Waals surface area contributed by atoms with E-state index in [1.807, 2.05) is 6.92 Å². The molecular weight excluding hydrogens is 270 g/mol. The number of rotatable bonds is 2. The fourth-order valence-corrected chi connectivity index (χ4v) is 2.22. The van der Waals surface area contributed by atoms with Crippen LogP contribution in [0.15, 0.2) is 21.5 Å². The van der Waals surface area contributed by atoms with Gasteiger partial charge in [0.15, 0.2) is 0 Å². The van der Waals surface area contributed by atoms with Crippen molar-refractivity contribution in [3.8, 4) is 5.75 Å². The number of benzene rings is 1. The molecule has 0 aliphatic carbocycles. The number of methoxy groups -OCH3 is 1. The Bertz CT molecular complexity index is 456. The fraction of sp³-hybridized carbons (Fsp3) is 0.250. The van der Waals surface area contributed by atoms with E-state index in [1.165, 1.54) is 13.2 Å². The van der Waals surface area contributed by atoms with Crippen molar-refractivity contribution in [1.82, 2.24) is 0 Å². The van der Waals surface area contributed by atoms with Crippen molar-refractivity contribution in [3.05, 3.63) is 22.2 Å². The second-order valence-corrected chi connectivity index (χ2v) is 5.18. The highest BCUT2D eigenvalue weighted by Gasteiger charge is 2.16. The van der Waals surface area contributed by atoms with Gasteiger partial charge in [-0.15, -0.1) is 0 Å². The van der Waals surface area contributed by atoms with E-state index < -0.39 is 10.0 Å². The molecule has 4 nitrogen and oxygen atoms in total. The number of nitrogens with two attached hydrogens (primary N) is 1. The SMILES string of the molecule is COc1cc(C)c(Br)cc1S(N)(=O)=O. The molecule has 0 aliphatic rings. The van der Waals surface area contributed by atoms with Gasteiger partial charge in [0.2, 0.25) is 10.0 Å². The Hall–Kier alpha value is -0.590. The van der Waals surface area contributed by atoms with Crippen molar-refractivity contribution in [1.29, 1.82) is 0 Å². The van der Waals surface area contributed by atoms with Crippen LogP contribution in [0, 0.1) is 6.92 Å². The second kappa shape index (κ2) is 3.88. The maximum Gasteiger partial charge on any atom is 0.241 e. The Morgan fingerprint density at radius 1 is 1.43 bits per heavy atom. The summed E-state index contributed by atoms with van der Waals surface area (Å²) in [6.07, 6.45) is 0. The summed E-state index contributed by atoms with van der Waals surface area (Å²) < 4.78 is 27.9. The Morgan fingerprint density at radius 3 is 2.43 bits per heavy atom. The number of ether oxygens (including phenoxy) is 1. The van der Waals surface area contributed by atoms with Crippen molar-refractivity contribution >= 4 is 26.0 Å². The summed E-state index contributed by atoms with van der Waals surface area (Å²) in [5.41, 5.74) is 0.884. The molecule has 0 atom stereocenters. The summed E-state index contributed by atoms with van der Waals surface area (Å²) in [4.78, 5) is -0.0162. The maximum atomic E-state index is 11.2. The molecule has 2 N–H and O–H groups in total. The lowest BCUT2D eigenvalue weighted by Gasteiger charge is -2.08. The number of aryl methyl sites for hydroxylation is 1. The normalized spacial score (nSPS) is 11.4. The van der Waals surface area contributed by atoms with Gasteiger partial charge in [0.1, 0.15) is 10.6 Å². The first-order valence-electron chi connectivity index (χ1n) is 3.73. The van der Waals surface area contributed by atoms with Gasteiger partial charge >= 0.3 is 0 Å². The highest BCUT2D eigenvalue weighted by atomic mass is 79.9. The van der Waals surface area contributed by atoms with Crippen LogP contribution in [0.1, 0.15) is 5.56 Å². The van der Waals surface area contributed by atoms with Crippen LogP contribution >= 0.6 is 15.9 Å². The van der Waals surface area contributed by atoms with Gasteiger partial charge in [0.05, 0.1) is 7.11 Å². The van der Waals surface area contributed by atoms with Gasteiger partial charge in [-0.2, -0.15) is 0 Å². The summed E-state index contributed by atoms with van der Waals surface area (Å²) in [6, 6.07) is 3.05. The van der Waals surface area contributed by atoms with E-state index in [1.54, 1.807) is 6.07 Å². The average Bonchev–Trinajstić information content (AvgIpc) is 2.07. The number of hydrogen-bond donors (Lipinski definition) is 1. The van der Waals surface area contributed by atoms with Gasteiger partial charge in [0.25, 0.3) is 0 Å². The Kier molecular flexibility index (Phi) is 3.18. The predicted molar refractivity (Wildman–Crippen MR) is 56.8 cm³/mol. The van der Waals surface area contributed by atoms with E-state index in [2.05, 4.69) is 15.9 Å². The summed E-state index contributed by atoms with van der Waals surface area (Å²) in [6.45, 7) is 1.83. The molecule has 0 aliphatic heterocycles. The Balaban J connectivity index is 3.51. The molecule has 0 spiro atoms. The van der Waals surface area contributed by atoms with Gasteiger partial charge in [-0.25, -0.2) is 13.6 Å². The summed E-state index contributed by atoms with van der Waals surface area (Å²) in [5.74, 6) is 0.258. The highest BCUT2D eigenvalue weighted by molar-refractivity contribution is 9.10. The third kappa shape index (κ3) is 2.26. The summed E-state index contributed by atoms with van der Waals surface area (Å²) >= 11 is 3.23. The first kappa shape index (κ1) is 11.5. The van der Waals surface area contributed by atoms with Crippen LogP contribution in [0.25, 0.3) is 0 Å². The lowest BCUT2D eigenvalue weighted by Crippen LogP contribution is -2.13. The highest BCUT2D eigenvalue weighted by Crippen LogP contribution is 2.29. The number of primary sulfonamides is 1. The van der Waals surface area contributed by atoms with Gasteiger partial charge in [-0.05, 0) is 24.6 Å². The molecule has 14 heavy (non-hydrogen) atoms. The molecule has 0 bridgehead atoms. The molecule has 1 aromatic rings. The average molecular weight is 280 g/mol. The number of halogens is 1. The molecule has 0 aromatic heterocycles. The van der Waals surface area contributed by atoms with Crippen molar-refractivity contribution < 1.29 is 13.2 Å². The molecule has 0 unspecified atom stereocenters. The molecule has 1 rings (SSSR count). The smallest absolute Gasteiger partial charge is 0.241 e. The lowest BCUT2D eigenvalue weighted by atomic mass is 10.2. The summed E-state index contributed by atoms with van der Waals surface area (Å²) in [5, 5.41) is 5.02.